The fraction of sp³-hybridized carbons (Fsp3) is 0.333. The highest BCUT2D eigenvalue weighted by atomic mass is 32.2. The van der Waals surface area contributed by atoms with Gasteiger partial charge in [-0.25, -0.2) is 0 Å². The van der Waals surface area contributed by atoms with Gasteiger partial charge in [0, 0.05) is 0 Å². The number of hydrogen-bond donors (Lipinski definition) is 0. The second-order valence-electron chi connectivity index (χ2n) is 4.89. The Balaban J connectivity index is 1.89. The third-order valence-corrected chi connectivity index (χ3v) is 3.92. The van der Waals surface area contributed by atoms with Crippen LogP contribution in [-0.4, -0.2) is 18.1 Å². The van der Waals surface area contributed by atoms with E-state index in [0.29, 0.717) is 12.7 Å². The number of thioether (sulfide) groups is 1. The molecule has 1 unspecified atom stereocenters. The molecule has 0 amide bonds. The molecule has 2 heteroatoms. The monoisotopic (exact) mass is 286 g/mol. The highest BCUT2D eigenvalue weighted by Gasteiger charge is 2.10. The minimum absolute atomic E-state index is 0.296. The van der Waals surface area contributed by atoms with Gasteiger partial charge in [-0.2, -0.15) is 11.8 Å². The molecule has 0 radical (unpaired) electrons. The van der Waals surface area contributed by atoms with Gasteiger partial charge in [0.1, 0.15) is 0 Å². The van der Waals surface area contributed by atoms with E-state index in [0.717, 1.165) is 18.6 Å². The lowest BCUT2D eigenvalue weighted by molar-refractivity contribution is 0.0393. The van der Waals surface area contributed by atoms with Crippen molar-refractivity contribution in [2.24, 2.45) is 0 Å². The molecule has 0 spiro atoms. The van der Waals surface area contributed by atoms with Crippen molar-refractivity contribution in [1.82, 2.24) is 0 Å². The number of ether oxygens (including phenoxy) is 1. The maximum absolute atomic E-state index is 6.12. The highest BCUT2D eigenvalue weighted by Crippen LogP contribution is 2.14. The number of rotatable bonds is 8. The first-order valence-electron chi connectivity index (χ1n) is 7.07. The molecule has 20 heavy (non-hydrogen) atoms. The molecule has 0 aromatic heterocycles. The standard InChI is InChI=1S/C18H22OS/c1-20-13-12-18(14-16-8-4-2-5-9-16)19-15-17-10-6-3-7-11-17/h2-11,18H,12-15H2,1H3. The normalized spacial score (nSPS) is 12.2. The minimum atomic E-state index is 0.296. The first-order valence-corrected chi connectivity index (χ1v) is 8.46. The van der Waals surface area contributed by atoms with E-state index in [1.807, 2.05) is 17.8 Å². The highest BCUT2D eigenvalue weighted by molar-refractivity contribution is 7.98. The quantitative estimate of drug-likeness (QED) is 0.703. The minimum Gasteiger partial charge on any atom is -0.373 e. The van der Waals surface area contributed by atoms with Crippen molar-refractivity contribution in [3.8, 4) is 0 Å². The molecular weight excluding hydrogens is 264 g/mol. The van der Waals surface area contributed by atoms with Crippen LogP contribution in [0.15, 0.2) is 60.7 Å². The molecular formula is C18H22OS. The van der Waals surface area contributed by atoms with Gasteiger partial charge < -0.3 is 4.74 Å². The second-order valence-corrected chi connectivity index (χ2v) is 5.88. The van der Waals surface area contributed by atoms with Gasteiger partial charge in [-0.1, -0.05) is 60.7 Å². The second kappa shape index (κ2) is 8.83. The lowest BCUT2D eigenvalue weighted by Crippen LogP contribution is -2.17. The summed E-state index contributed by atoms with van der Waals surface area (Å²) in [6, 6.07) is 21.0. The molecule has 0 saturated heterocycles. The van der Waals surface area contributed by atoms with Crippen LogP contribution in [0.1, 0.15) is 17.5 Å². The summed E-state index contributed by atoms with van der Waals surface area (Å²) in [4.78, 5) is 0. The third-order valence-electron chi connectivity index (χ3n) is 3.28. The van der Waals surface area contributed by atoms with E-state index in [1.165, 1.54) is 11.1 Å². The summed E-state index contributed by atoms with van der Waals surface area (Å²) < 4.78 is 6.12. The van der Waals surface area contributed by atoms with Gasteiger partial charge in [-0.15, -0.1) is 0 Å². The molecule has 0 heterocycles. The van der Waals surface area contributed by atoms with E-state index in [-0.39, 0.29) is 0 Å². The predicted octanol–water partition coefficient (Wildman–Crippen LogP) is 4.57. The Morgan fingerprint density at radius 3 is 2.10 bits per heavy atom. The molecule has 1 nitrogen and oxygen atoms in total. The predicted molar refractivity (Wildman–Crippen MR) is 88.2 cm³/mol. The van der Waals surface area contributed by atoms with E-state index >= 15 is 0 Å². The van der Waals surface area contributed by atoms with Crippen molar-refractivity contribution >= 4 is 11.8 Å². The molecule has 2 aromatic rings. The first-order chi connectivity index (χ1) is 9.88. The molecule has 1 atom stereocenters. The zero-order valence-corrected chi connectivity index (χ0v) is 12.8. The zero-order valence-electron chi connectivity index (χ0n) is 12.0. The Hall–Kier alpha value is -1.25. The maximum Gasteiger partial charge on any atom is 0.0720 e. The largest absolute Gasteiger partial charge is 0.373 e. The van der Waals surface area contributed by atoms with Crippen LogP contribution in [0.5, 0.6) is 0 Å². The van der Waals surface area contributed by atoms with E-state index in [9.17, 15) is 0 Å². The van der Waals surface area contributed by atoms with Gasteiger partial charge in [-0.3, -0.25) is 0 Å². The lowest BCUT2D eigenvalue weighted by Gasteiger charge is -2.18. The van der Waals surface area contributed by atoms with Crippen LogP contribution in [-0.2, 0) is 17.8 Å². The number of benzene rings is 2. The Bertz CT molecular complexity index is 469. The van der Waals surface area contributed by atoms with E-state index in [1.54, 1.807) is 0 Å². The lowest BCUT2D eigenvalue weighted by atomic mass is 10.1. The van der Waals surface area contributed by atoms with Crippen molar-refractivity contribution in [3.63, 3.8) is 0 Å². The van der Waals surface area contributed by atoms with Gasteiger partial charge >= 0.3 is 0 Å². The van der Waals surface area contributed by atoms with Gasteiger partial charge in [0.2, 0.25) is 0 Å². The fourth-order valence-electron chi connectivity index (χ4n) is 2.16. The van der Waals surface area contributed by atoms with Crippen molar-refractivity contribution in [3.05, 3.63) is 71.8 Å². The smallest absolute Gasteiger partial charge is 0.0720 e. The molecule has 0 aliphatic carbocycles. The average molecular weight is 286 g/mol. The molecule has 2 rings (SSSR count). The average Bonchev–Trinajstić information content (AvgIpc) is 2.52. The Labute approximate surface area is 126 Å². The molecule has 0 fully saturated rings. The molecule has 0 bridgehead atoms. The summed E-state index contributed by atoms with van der Waals surface area (Å²) in [6.07, 6.45) is 4.54. The van der Waals surface area contributed by atoms with Gasteiger partial charge in [0.15, 0.2) is 0 Å². The van der Waals surface area contributed by atoms with Crippen LogP contribution in [0.3, 0.4) is 0 Å². The molecule has 0 N–H and O–H groups in total. The van der Waals surface area contributed by atoms with Crippen LogP contribution in [0, 0.1) is 0 Å². The summed E-state index contributed by atoms with van der Waals surface area (Å²) in [5.41, 5.74) is 2.60. The van der Waals surface area contributed by atoms with Crippen molar-refractivity contribution in [2.45, 2.75) is 25.6 Å². The fourth-order valence-corrected chi connectivity index (χ4v) is 2.66. The Morgan fingerprint density at radius 2 is 1.50 bits per heavy atom. The first kappa shape index (κ1) is 15.1. The van der Waals surface area contributed by atoms with Crippen LogP contribution in [0.2, 0.25) is 0 Å². The summed E-state index contributed by atoms with van der Waals surface area (Å²) in [5, 5.41) is 0. The van der Waals surface area contributed by atoms with E-state index < -0.39 is 0 Å². The van der Waals surface area contributed by atoms with Gasteiger partial charge in [0.25, 0.3) is 0 Å². The maximum atomic E-state index is 6.12. The molecule has 106 valence electrons. The van der Waals surface area contributed by atoms with Crippen LogP contribution < -0.4 is 0 Å². The summed E-state index contributed by atoms with van der Waals surface area (Å²) >= 11 is 1.88. The van der Waals surface area contributed by atoms with Gasteiger partial charge in [-0.05, 0) is 36.0 Å². The van der Waals surface area contributed by atoms with Crippen molar-refractivity contribution in [2.75, 3.05) is 12.0 Å². The summed E-state index contributed by atoms with van der Waals surface area (Å²) in [6.45, 7) is 0.701. The summed E-state index contributed by atoms with van der Waals surface area (Å²) in [7, 11) is 0. The van der Waals surface area contributed by atoms with E-state index in [4.69, 9.17) is 4.74 Å². The van der Waals surface area contributed by atoms with Crippen LogP contribution >= 0.6 is 11.8 Å². The molecule has 0 aliphatic rings. The van der Waals surface area contributed by atoms with Crippen LogP contribution in [0.25, 0.3) is 0 Å². The third kappa shape index (κ3) is 5.40. The summed E-state index contributed by atoms with van der Waals surface area (Å²) in [5.74, 6) is 1.15. The molecule has 0 saturated carbocycles. The van der Waals surface area contributed by atoms with Crippen molar-refractivity contribution < 1.29 is 4.74 Å². The van der Waals surface area contributed by atoms with E-state index in [2.05, 4.69) is 60.9 Å². The van der Waals surface area contributed by atoms with Gasteiger partial charge in [0.05, 0.1) is 12.7 Å². The topological polar surface area (TPSA) is 9.23 Å². The SMILES string of the molecule is CSCCC(Cc1ccccc1)OCc1ccccc1. The molecule has 2 aromatic carbocycles. The van der Waals surface area contributed by atoms with Crippen molar-refractivity contribution in [1.29, 1.82) is 0 Å². The number of hydrogen-bond acceptors (Lipinski definition) is 2. The zero-order chi connectivity index (χ0) is 14.0. The Kier molecular flexibility index (Phi) is 6.69. The van der Waals surface area contributed by atoms with Crippen LogP contribution in [0.4, 0.5) is 0 Å². The molecule has 0 aliphatic heterocycles. The Morgan fingerprint density at radius 1 is 0.900 bits per heavy atom.